The van der Waals surface area contributed by atoms with E-state index in [1.165, 1.54) is 12.8 Å². The van der Waals surface area contributed by atoms with E-state index in [0.29, 0.717) is 5.78 Å². The van der Waals surface area contributed by atoms with Crippen LogP contribution in [-0.4, -0.2) is 29.3 Å². The number of ketones is 1. The summed E-state index contributed by atoms with van der Waals surface area (Å²) in [4.78, 5) is 14.4. The van der Waals surface area contributed by atoms with Crippen molar-refractivity contribution in [3.05, 3.63) is 0 Å². The van der Waals surface area contributed by atoms with Gasteiger partial charge in [0.25, 0.3) is 0 Å². The molecule has 2 fully saturated rings. The Hall–Kier alpha value is -0.370. The Morgan fingerprint density at radius 2 is 2.36 bits per heavy atom. The van der Waals surface area contributed by atoms with Crippen LogP contribution in [0.2, 0.25) is 0 Å². The maximum Gasteiger partial charge on any atom is 0.154 e. The highest BCUT2D eigenvalue weighted by Crippen LogP contribution is 2.41. The summed E-state index contributed by atoms with van der Waals surface area (Å²) in [5, 5.41) is 0. The molecule has 2 rings (SSSR count). The predicted octanol–water partition coefficient (Wildman–Crippen LogP) is 2.23. The number of likely N-dealkylation sites (N-methyl/N-ethyl adjacent to an activating group) is 1. The first-order valence-corrected chi connectivity index (χ1v) is 5.97. The second-order valence-electron chi connectivity index (χ2n) is 4.99. The zero-order chi connectivity index (χ0) is 10.2. The molecule has 0 N–H and O–H groups in total. The largest absolute Gasteiger partial charge is 0.298 e. The minimum absolute atomic E-state index is 0.0353. The van der Waals surface area contributed by atoms with Gasteiger partial charge in [0.05, 0.1) is 5.54 Å². The van der Waals surface area contributed by atoms with Gasteiger partial charge in [0.15, 0.2) is 5.78 Å². The number of nitrogens with zero attached hydrogens (tertiary/aromatic N) is 1. The van der Waals surface area contributed by atoms with Crippen LogP contribution in [0.15, 0.2) is 0 Å². The molecule has 0 aromatic heterocycles. The fourth-order valence-electron chi connectivity index (χ4n) is 3.38. The van der Waals surface area contributed by atoms with Crippen molar-refractivity contribution in [3.8, 4) is 0 Å². The zero-order valence-corrected chi connectivity index (χ0v) is 9.38. The highest BCUT2D eigenvalue weighted by Gasteiger charge is 2.48. The normalized spacial score (nSPS) is 39.6. The van der Waals surface area contributed by atoms with Gasteiger partial charge in [-0.2, -0.15) is 0 Å². The molecule has 1 spiro atoms. The third-order valence-corrected chi connectivity index (χ3v) is 4.09. The van der Waals surface area contributed by atoms with E-state index >= 15 is 0 Å². The van der Waals surface area contributed by atoms with Crippen LogP contribution >= 0.6 is 0 Å². The van der Waals surface area contributed by atoms with Crippen molar-refractivity contribution >= 4 is 5.78 Å². The number of likely N-dealkylation sites (tertiary alicyclic amines) is 1. The molecule has 1 saturated carbocycles. The van der Waals surface area contributed by atoms with Crippen LogP contribution in [0.3, 0.4) is 0 Å². The van der Waals surface area contributed by atoms with Gasteiger partial charge >= 0.3 is 0 Å². The summed E-state index contributed by atoms with van der Waals surface area (Å²) in [6.45, 7) is 6.51. The van der Waals surface area contributed by atoms with Gasteiger partial charge in [-0.25, -0.2) is 0 Å². The van der Waals surface area contributed by atoms with Gasteiger partial charge in [-0.3, -0.25) is 9.69 Å². The number of hydrogen-bond donors (Lipinski definition) is 0. The average molecular weight is 195 g/mol. The minimum Gasteiger partial charge on any atom is -0.298 e. The van der Waals surface area contributed by atoms with Crippen LogP contribution in [0.4, 0.5) is 0 Å². The van der Waals surface area contributed by atoms with E-state index in [1.807, 2.05) is 0 Å². The van der Waals surface area contributed by atoms with E-state index in [2.05, 4.69) is 18.7 Å². The van der Waals surface area contributed by atoms with Crippen LogP contribution in [0.1, 0.15) is 46.0 Å². The molecule has 1 saturated heterocycles. The molecule has 2 nitrogen and oxygen atoms in total. The molecule has 0 aromatic carbocycles. The lowest BCUT2D eigenvalue weighted by Gasteiger charge is -2.42. The quantitative estimate of drug-likeness (QED) is 0.639. The Morgan fingerprint density at radius 3 is 3.00 bits per heavy atom. The van der Waals surface area contributed by atoms with Gasteiger partial charge in [0, 0.05) is 13.0 Å². The fraction of sp³-hybridized carbons (Fsp3) is 0.917. The average Bonchev–Trinajstić information content (AvgIpc) is 2.44. The summed E-state index contributed by atoms with van der Waals surface area (Å²) in [6, 6.07) is 0. The van der Waals surface area contributed by atoms with Crippen LogP contribution in [0.5, 0.6) is 0 Å². The standard InChI is InChI=1S/C12H21NO/c1-3-13-8-6-11(14)12(13)7-4-5-10(2)9-12/h10H,3-9H2,1-2H3. The predicted molar refractivity (Wildman–Crippen MR) is 57.2 cm³/mol. The van der Waals surface area contributed by atoms with Gasteiger partial charge in [-0.15, -0.1) is 0 Å². The molecular weight excluding hydrogens is 174 g/mol. The van der Waals surface area contributed by atoms with E-state index in [-0.39, 0.29) is 5.54 Å². The van der Waals surface area contributed by atoms with Gasteiger partial charge < -0.3 is 0 Å². The summed E-state index contributed by atoms with van der Waals surface area (Å²) in [7, 11) is 0. The highest BCUT2D eigenvalue weighted by molar-refractivity contribution is 5.90. The highest BCUT2D eigenvalue weighted by atomic mass is 16.1. The molecule has 1 aliphatic heterocycles. The van der Waals surface area contributed by atoms with Gasteiger partial charge in [-0.05, 0) is 25.3 Å². The minimum atomic E-state index is -0.0353. The summed E-state index contributed by atoms with van der Waals surface area (Å²) < 4.78 is 0. The lowest BCUT2D eigenvalue weighted by atomic mass is 9.74. The third-order valence-electron chi connectivity index (χ3n) is 4.09. The van der Waals surface area contributed by atoms with E-state index < -0.39 is 0 Å². The Kier molecular flexibility index (Phi) is 2.65. The van der Waals surface area contributed by atoms with Crippen molar-refractivity contribution in [1.82, 2.24) is 4.90 Å². The van der Waals surface area contributed by atoms with Crippen LogP contribution in [0.25, 0.3) is 0 Å². The molecule has 0 bridgehead atoms. The summed E-state index contributed by atoms with van der Waals surface area (Å²) >= 11 is 0. The van der Waals surface area contributed by atoms with E-state index in [0.717, 1.165) is 38.3 Å². The van der Waals surface area contributed by atoms with Gasteiger partial charge in [-0.1, -0.05) is 26.7 Å². The third kappa shape index (κ3) is 1.40. The summed E-state index contributed by atoms with van der Waals surface area (Å²) in [5.74, 6) is 1.26. The molecule has 2 unspecified atom stereocenters. The lowest BCUT2D eigenvalue weighted by Crippen LogP contribution is -2.51. The molecule has 2 aliphatic rings. The maximum absolute atomic E-state index is 12.0. The van der Waals surface area contributed by atoms with Crippen LogP contribution < -0.4 is 0 Å². The molecule has 2 atom stereocenters. The molecular formula is C12H21NO. The molecule has 1 heterocycles. The first-order chi connectivity index (χ1) is 6.69. The Balaban J connectivity index is 2.21. The van der Waals surface area contributed by atoms with Crippen LogP contribution in [-0.2, 0) is 4.79 Å². The van der Waals surface area contributed by atoms with Crippen molar-refractivity contribution < 1.29 is 4.79 Å². The number of hydrogen-bond acceptors (Lipinski definition) is 2. The smallest absolute Gasteiger partial charge is 0.154 e. The van der Waals surface area contributed by atoms with E-state index in [4.69, 9.17) is 0 Å². The molecule has 0 radical (unpaired) electrons. The number of carbonyl (C=O) groups excluding carboxylic acids is 1. The summed E-state index contributed by atoms with van der Waals surface area (Å²) in [5.41, 5.74) is -0.0353. The van der Waals surface area contributed by atoms with Crippen LogP contribution in [0, 0.1) is 5.92 Å². The monoisotopic (exact) mass is 195 g/mol. The number of carbonyl (C=O) groups is 1. The first kappa shape index (κ1) is 10.2. The van der Waals surface area contributed by atoms with E-state index in [9.17, 15) is 4.79 Å². The Labute approximate surface area is 86.7 Å². The lowest BCUT2D eigenvalue weighted by molar-refractivity contribution is -0.127. The summed E-state index contributed by atoms with van der Waals surface area (Å²) in [6.07, 6.45) is 5.57. The molecule has 14 heavy (non-hydrogen) atoms. The first-order valence-electron chi connectivity index (χ1n) is 5.97. The zero-order valence-electron chi connectivity index (χ0n) is 9.38. The van der Waals surface area contributed by atoms with Crippen molar-refractivity contribution in [2.75, 3.05) is 13.1 Å². The Bertz CT molecular complexity index is 238. The van der Waals surface area contributed by atoms with Crippen molar-refractivity contribution in [3.63, 3.8) is 0 Å². The maximum atomic E-state index is 12.0. The molecule has 2 heteroatoms. The Morgan fingerprint density at radius 1 is 1.57 bits per heavy atom. The molecule has 0 amide bonds. The van der Waals surface area contributed by atoms with Gasteiger partial charge in [0.1, 0.15) is 0 Å². The topological polar surface area (TPSA) is 20.3 Å². The molecule has 1 aliphatic carbocycles. The van der Waals surface area contributed by atoms with Crippen molar-refractivity contribution in [1.29, 1.82) is 0 Å². The molecule has 80 valence electrons. The molecule has 0 aromatic rings. The van der Waals surface area contributed by atoms with Gasteiger partial charge in [0.2, 0.25) is 0 Å². The SMILES string of the molecule is CCN1CCC(=O)C12CCCC(C)C2. The van der Waals surface area contributed by atoms with Crippen molar-refractivity contribution in [2.24, 2.45) is 5.92 Å². The number of rotatable bonds is 1. The van der Waals surface area contributed by atoms with E-state index in [1.54, 1.807) is 0 Å². The second-order valence-corrected chi connectivity index (χ2v) is 4.99. The fourth-order valence-corrected chi connectivity index (χ4v) is 3.38. The second kappa shape index (κ2) is 3.65. The van der Waals surface area contributed by atoms with Crippen molar-refractivity contribution in [2.45, 2.75) is 51.5 Å². The number of Topliss-reactive ketones (excluding diaryl/α,β-unsaturated/α-hetero) is 1.